The van der Waals surface area contributed by atoms with Gasteiger partial charge >= 0.3 is 5.97 Å². The number of amides is 1. The predicted molar refractivity (Wildman–Crippen MR) is 76.9 cm³/mol. The summed E-state index contributed by atoms with van der Waals surface area (Å²) in [5, 5.41) is 14.6. The molecule has 0 bridgehead atoms. The zero-order valence-electron chi connectivity index (χ0n) is 11.9. The molecule has 6 heteroatoms. The topological polar surface area (TPSA) is 78.4 Å². The van der Waals surface area contributed by atoms with Crippen LogP contribution in [0.1, 0.15) is 43.0 Å². The highest BCUT2D eigenvalue weighted by Gasteiger charge is 2.40. The molecule has 1 atom stereocenters. The van der Waals surface area contributed by atoms with E-state index in [1.165, 1.54) is 12.1 Å². The molecule has 21 heavy (non-hydrogen) atoms. The summed E-state index contributed by atoms with van der Waals surface area (Å²) in [4.78, 5) is 23.2. The van der Waals surface area contributed by atoms with Gasteiger partial charge in [0.2, 0.25) is 5.91 Å². The number of carbonyl (C=O) groups excluding carboxylic acids is 1. The van der Waals surface area contributed by atoms with Crippen molar-refractivity contribution in [1.82, 2.24) is 5.32 Å². The van der Waals surface area contributed by atoms with Gasteiger partial charge in [-0.05, 0) is 44.0 Å². The lowest BCUT2D eigenvalue weighted by Crippen LogP contribution is -2.50. The number of carbonyl (C=O) groups is 2. The lowest BCUT2D eigenvalue weighted by Gasteiger charge is -2.28. The largest absolute Gasteiger partial charge is 0.478 e. The molecular formula is C15H19FN2O3. The second kappa shape index (κ2) is 6.22. The average molecular weight is 294 g/mol. The summed E-state index contributed by atoms with van der Waals surface area (Å²) in [5.41, 5.74) is -0.783. The van der Waals surface area contributed by atoms with Gasteiger partial charge in [-0.15, -0.1) is 0 Å². The number of nitrogens with one attached hydrogen (secondary N) is 2. The van der Waals surface area contributed by atoms with Gasteiger partial charge in [0.1, 0.15) is 5.82 Å². The van der Waals surface area contributed by atoms with Crippen molar-refractivity contribution >= 4 is 17.6 Å². The molecule has 3 N–H and O–H groups in total. The Kier molecular flexibility index (Phi) is 4.57. The van der Waals surface area contributed by atoms with Gasteiger partial charge in [0, 0.05) is 0 Å². The Labute approximate surface area is 122 Å². The first-order valence-electron chi connectivity index (χ1n) is 7.08. The van der Waals surface area contributed by atoms with Gasteiger partial charge in [-0.2, -0.15) is 0 Å². The first-order chi connectivity index (χ1) is 9.98. The minimum atomic E-state index is -1.20. The van der Waals surface area contributed by atoms with Crippen molar-refractivity contribution in [3.63, 3.8) is 0 Å². The van der Waals surface area contributed by atoms with E-state index in [1.807, 2.05) is 6.92 Å². The fourth-order valence-corrected chi connectivity index (χ4v) is 2.75. The summed E-state index contributed by atoms with van der Waals surface area (Å²) in [7, 11) is 0. The SMILES string of the molecule is CCCC1(C(=O)Nc2ccc(C(=O)O)cc2F)CCCN1. The fraction of sp³-hybridized carbons (Fsp3) is 0.467. The van der Waals surface area contributed by atoms with E-state index in [-0.39, 0.29) is 17.2 Å². The first-order valence-corrected chi connectivity index (χ1v) is 7.08. The molecule has 1 unspecified atom stereocenters. The van der Waals surface area contributed by atoms with E-state index in [0.29, 0.717) is 6.42 Å². The van der Waals surface area contributed by atoms with Crippen LogP contribution in [0.3, 0.4) is 0 Å². The summed E-state index contributed by atoms with van der Waals surface area (Å²) in [6, 6.07) is 3.47. The summed E-state index contributed by atoms with van der Waals surface area (Å²) in [5.74, 6) is -2.21. The summed E-state index contributed by atoms with van der Waals surface area (Å²) in [6.07, 6.45) is 3.17. The van der Waals surface area contributed by atoms with Gasteiger partial charge in [0.05, 0.1) is 16.8 Å². The standard InChI is InChI=1S/C15H19FN2O3/c1-2-6-15(7-3-8-17-15)14(21)18-12-5-4-10(13(19)20)9-11(12)16/h4-5,9,17H,2-3,6-8H2,1H3,(H,18,21)(H,19,20). The molecule has 1 aromatic carbocycles. The molecule has 1 aromatic rings. The number of halogens is 1. The zero-order valence-corrected chi connectivity index (χ0v) is 11.9. The second-order valence-electron chi connectivity index (χ2n) is 5.32. The maximum Gasteiger partial charge on any atom is 0.335 e. The number of anilines is 1. The van der Waals surface area contributed by atoms with Gasteiger partial charge in [-0.3, -0.25) is 4.79 Å². The minimum Gasteiger partial charge on any atom is -0.478 e. The van der Waals surface area contributed by atoms with E-state index >= 15 is 0 Å². The number of hydrogen-bond acceptors (Lipinski definition) is 3. The van der Waals surface area contributed by atoms with Gasteiger partial charge in [-0.25, -0.2) is 9.18 Å². The molecule has 1 aliphatic rings. The normalized spacial score (nSPS) is 21.2. The third-order valence-electron chi connectivity index (χ3n) is 3.82. The van der Waals surface area contributed by atoms with Crippen LogP contribution in [0.15, 0.2) is 18.2 Å². The molecule has 0 saturated carbocycles. The lowest BCUT2D eigenvalue weighted by molar-refractivity contribution is -0.122. The van der Waals surface area contributed by atoms with E-state index in [9.17, 15) is 14.0 Å². The molecule has 0 aromatic heterocycles. The van der Waals surface area contributed by atoms with E-state index in [4.69, 9.17) is 5.11 Å². The highest BCUT2D eigenvalue weighted by Crippen LogP contribution is 2.27. The number of rotatable bonds is 5. The Morgan fingerprint density at radius 2 is 2.24 bits per heavy atom. The van der Waals surface area contributed by atoms with Crippen molar-refractivity contribution < 1.29 is 19.1 Å². The maximum absolute atomic E-state index is 13.9. The van der Waals surface area contributed by atoms with Crippen molar-refractivity contribution in [2.24, 2.45) is 0 Å². The predicted octanol–water partition coefficient (Wildman–Crippen LogP) is 2.38. The number of carboxylic acids is 1. The van der Waals surface area contributed by atoms with Gasteiger partial charge in [0.25, 0.3) is 0 Å². The van der Waals surface area contributed by atoms with Crippen molar-refractivity contribution in [3.8, 4) is 0 Å². The Bertz CT molecular complexity index is 554. The van der Waals surface area contributed by atoms with Crippen LogP contribution in [0, 0.1) is 5.82 Å². The number of hydrogen-bond donors (Lipinski definition) is 3. The molecule has 2 rings (SSSR count). The number of aromatic carboxylic acids is 1. The van der Waals surface area contributed by atoms with Crippen LogP contribution in [0.2, 0.25) is 0 Å². The molecule has 0 spiro atoms. The Hall–Kier alpha value is -1.95. The molecule has 0 radical (unpaired) electrons. The molecule has 0 aliphatic carbocycles. The molecule has 1 aliphatic heterocycles. The second-order valence-corrected chi connectivity index (χ2v) is 5.32. The van der Waals surface area contributed by atoms with E-state index < -0.39 is 17.3 Å². The summed E-state index contributed by atoms with van der Waals surface area (Å²) < 4.78 is 13.9. The Morgan fingerprint density at radius 1 is 1.48 bits per heavy atom. The highest BCUT2D eigenvalue weighted by molar-refractivity contribution is 5.99. The van der Waals surface area contributed by atoms with Crippen LogP contribution < -0.4 is 10.6 Å². The summed E-state index contributed by atoms with van der Waals surface area (Å²) in [6.45, 7) is 2.77. The van der Waals surface area contributed by atoms with Gasteiger partial charge in [0.15, 0.2) is 0 Å². The molecular weight excluding hydrogens is 275 g/mol. The van der Waals surface area contributed by atoms with Gasteiger partial charge < -0.3 is 15.7 Å². The third-order valence-corrected chi connectivity index (χ3v) is 3.82. The number of carboxylic acid groups (broad SMARTS) is 1. The smallest absolute Gasteiger partial charge is 0.335 e. The lowest BCUT2D eigenvalue weighted by atomic mass is 9.90. The third kappa shape index (κ3) is 3.21. The molecule has 1 amide bonds. The number of benzene rings is 1. The van der Waals surface area contributed by atoms with E-state index in [0.717, 1.165) is 31.9 Å². The summed E-state index contributed by atoms with van der Waals surface area (Å²) >= 11 is 0. The van der Waals surface area contributed by atoms with Crippen LogP contribution in [-0.4, -0.2) is 29.1 Å². The van der Waals surface area contributed by atoms with Gasteiger partial charge in [-0.1, -0.05) is 13.3 Å². The van der Waals surface area contributed by atoms with Crippen LogP contribution in [0.25, 0.3) is 0 Å². The van der Waals surface area contributed by atoms with Crippen molar-refractivity contribution in [3.05, 3.63) is 29.6 Å². The first kappa shape index (κ1) is 15.4. The molecule has 114 valence electrons. The molecule has 1 heterocycles. The molecule has 5 nitrogen and oxygen atoms in total. The van der Waals surface area contributed by atoms with Crippen molar-refractivity contribution in [1.29, 1.82) is 0 Å². The van der Waals surface area contributed by atoms with E-state index in [2.05, 4.69) is 10.6 Å². The average Bonchev–Trinajstić information content (AvgIpc) is 2.91. The highest BCUT2D eigenvalue weighted by atomic mass is 19.1. The Balaban J connectivity index is 2.17. The van der Waals surface area contributed by atoms with Crippen LogP contribution in [-0.2, 0) is 4.79 Å². The maximum atomic E-state index is 13.9. The Morgan fingerprint density at radius 3 is 2.76 bits per heavy atom. The van der Waals surface area contributed by atoms with Crippen molar-refractivity contribution in [2.45, 2.75) is 38.1 Å². The molecule has 1 fully saturated rings. The van der Waals surface area contributed by atoms with Crippen LogP contribution in [0.5, 0.6) is 0 Å². The van der Waals surface area contributed by atoms with Crippen LogP contribution in [0.4, 0.5) is 10.1 Å². The quantitative estimate of drug-likeness (QED) is 0.779. The molecule has 1 saturated heterocycles. The van der Waals surface area contributed by atoms with E-state index in [1.54, 1.807) is 0 Å². The fourth-order valence-electron chi connectivity index (χ4n) is 2.75. The zero-order chi connectivity index (χ0) is 15.5. The van der Waals surface area contributed by atoms with Crippen molar-refractivity contribution in [2.75, 3.05) is 11.9 Å². The monoisotopic (exact) mass is 294 g/mol. The van der Waals surface area contributed by atoms with Crippen LogP contribution >= 0.6 is 0 Å². The minimum absolute atomic E-state index is 0.00850.